The zero-order valence-corrected chi connectivity index (χ0v) is 13.6. The number of H-pyrrole nitrogens is 1. The maximum absolute atomic E-state index is 12.6. The van der Waals surface area contributed by atoms with Gasteiger partial charge in [-0.15, -0.1) is 0 Å². The van der Waals surface area contributed by atoms with Crippen LogP contribution in [0.2, 0.25) is 0 Å². The number of rotatable bonds is 3. The minimum absolute atomic E-state index is 0.0183. The predicted octanol–water partition coefficient (Wildman–Crippen LogP) is 1.41. The van der Waals surface area contributed by atoms with Crippen LogP contribution in [0.5, 0.6) is 5.75 Å². The number of carbonyl (C=O) groups is 2. The number of benzene rings is 1. The van der Waals surface area contributed by atoms with Crippen LogP contribution in [-0.4, -0.2) is 65.1 Å². The van der Waals surface area contributed by atoms with Crippen LogP contribution in [0.1, 0.15) is 27.1 Å². The van der Waals surface area contributed by atoms with Gasteiger partial charge in [-0.2, -0.15) is 5.10 Å². The van der Waals surface area contributed by atoms with Crippen molar-refractivity contribution < 1.29 is 14.3 Å². The number of aromatic amines is 1. The van der Waals surface area contributed by atoms with Crippen molar-refractivity contribution in [3.8, 4) is 5.75 Å². The largest absolute Gasteiger partial charge is 0.497 e. The molecule has 0 spiro atoms. The van der Waals surface area contributed by atoms with Crippen LogP contribution >= 0.6 is 0 Å². The fraction of sp³-hybridized carbons (Fsp3) is 0.353. The Labute approximate surface area is 140 Å². The molecule has 1 N–H and O–H groups in total. The quantitative estimate of drug-likeness (QED) is 0.924. The smallest absolute Gasteiger partial charge is 0.257 e. The summed E-state index contributed by atoms with van der Waals surface area (Å²) in [5.41, 5.74) is 1.18. The number of ether oxygens (including phenoxy) is 1. The number of hydrogen-bond acceptors (Lipinski definition) is 4. The summed E-state index contributed by atoms with van der Waals surface area (Å²) in [5.74, 6) is 0.650. The van der Waals surface area contributed by atoms with Crippen LogP contribution in [0.15, 0.2) is 36.7 Å². The van der Waals surface area contributed by atoms with E-state index in [1.165, 1.54) is 6.20 Å². The summed E-state index contributed by atoms with van der Waals surface area (Å²) in [6, 6.07) is 7.08. The van der Waals surface area contributed by atoms with Crippen LogP contribution in [-0.2, 0) is 0 Å². The molecule has 1 aliphatic heterocycles. The van der Waals surface area contributed by atoms with E-state index in [0.717, 1.165) is 12.2 Å². The molecule has 2 aromatic rings. The van der Waals surface area contributed by atoms with Gasteiger partial charge in [0.1, 0.15) is 5.75 Å². The normalized spacial score (nSPS) is 15.0. The van der Waals surface area contributed by atoms with Gasteiger partial charge < -0.3 is 14.5 Å². The van der Waals surface area contributed by atoms with Crippen LogP contribution in [0.25, 0.3) is 0 Å². The van der Waals surface area contributed by atoms with Crippen molar-refractivity contribution >= 4 is 11.8 Å². The fourth-order valence-corrected chi connectivity index (χ4v) is 2.79. The zero-order valence-electron chi connectivity index (χ0n) is 13.6. The third kappa shape index (κ3) is 3.40. The fourth-order valence-electron chi connectivity index (χ4n) is 2.79. The number of methoxy groups -OCH3 is 1. The maximum Gasteiger partial charge on any atom is 0.257 e. The predicted molar refractivity (Wildman–Crippen MR) is 88.0 cm³/mol. The third-order valence-corrected chi connectivity index (χ3v) is 4.15. The first-order chi connectivity index (χ1) is 11.7. The average Bonchev–Trinajstić information content (AvgIpc) is 3.05. The highest BCUT2D eigenvalue weighted by molar-refractivity contribution is 5.95. The Bertz CT molecular complexity index is 697. The van der Waals surface area contributed by atoms with Crippen molar-refractivity contribution in [2.45, 2.75) is 6.42 Å². The van der Waals surface area contributed by atoms with Gasteiger partial charge >= 0.3 is 0 Å². The molecule has 0 unspecified atom stereocenters. The summed E-state index contributed by atoms with van der Waals surface area (Å²) in [5, 5.41) is 6.46. The maximum atomic E-state index is 12.6. The van der Waals surface area contributed by atoms with E-state index in [4.69, 9.17) is 4.74 Å². The van der Waals surface area contributed by atoms with Gasteiger partial charge in [0.25, 0.3) is 11.8 Å². The van der Waals surface area contributed by atoms with E-state index in [1.54, 1.807) is 47.4 Å². The molecule has 1 fully saturated rings. The van der Waals surface area contributed by atoms with Gasteiger partial charge in [-0.05, 0) is 30.7 Å². The Hall–Kier alpha value is -2.83. The average molecular weight is 328 g/mol. The highest BCUT2D eigenvalue weighted by atomic mass is 16.5. The number of carbonyl (C=O) groups excluding carboxylic acids is 2. The summed E-state index contributed by atoms with van der Waals surface area (Å²) < 4.78 is 5.11. The van der Waals surface area contributed by atoms with E-state index in [1.807, 2.05) is 0 Å². The molecular weight excluding hydrogens is 308 g/mol. The molecule has 24 heavy (non-hydrogen) atoms. The molecule has 0 bridgehead atoms. The van der Waals surface area contributed by atoms with Gasteiger partial charge in [0.2, 0.25) is 0 Å². The van der Waals surface area contributed by atoms with Crippen molar-refractivity contribution in [2.75, 3.05) is 33.3 Å². The van der Waals surface area contributed by atoms with Crippen molar-refractivity contribution in [3.63, 3.8) is 0 Å². The molecule has 0 radical (unpaired) electrons. The molecule has 0 saturated carbocycles. The Morgan fingerprint density at radius 1 is 1.00 bits per heavy atom. The second-order valence-corrected chi connectivity index (χ2v) is 5.65. The standard InChI is InChI=1S/C17H20N4O3/c1-24-15-5-3-13(4-6-15)16(22)20-7-2-8-21(10-9-20)17(23)14-11-18-19-12-14/h3-6,11-12H,2,7-10H2,1H3,(H,18,19). The van der Waals surface area contributed by atoms with E-state index < -0.39 is 0 Å². The van der Waals surface area contributed by atoms with Crippen molar-refractivity contribution in [1.29, 1.82) is 0 Å². The van der Waals surface area contributed by atoms with E-state index in [2.05, 4.69) is 10.2 Å². The highest BCUT2D eigenvalue weighted by Crippen LogP contribution is 2.15. The van der Waals surface area contributed by atoms with E-state index >= 15 is 0 Å². The molecular formula is C17H20N4O3. The number of nitrogens with one attached hydrogen (secondary N) is 1. The Kier molecular flexibility index (Phi) is 4.79. The lowest BCUT2D eigenvalue weighted by Gasteiger charge is -2.22. The van der Waals surface area contributed by atoms with Gasteiger partial charge in [0.05, 0.1) is 18.9 Å². The van der Waals surface area contributed by atoms with Crippen LogP contribution in [0.3, 0.4) is 0 Å². The van der Waals surface area contributed by atoms with Crippen LogP contribution in [0, 0.1) is 0 Å². The molecule has 1 aromatic carbocycles. The van der Waals surface area contributed by atoms with E-state index in [0.29, 0.717) is 37.3 Å². The third-order valence-electron chi connectivity index (χ3n) is 4.15. The van der Waals surface area contributed by atoms with Crippen LogP contribution < -0.4 is 4.74 Å². The lowest BCUT2D eigenvalue weighted by atomic mass is 10.2. The number of amides is 2. The molecule has 2 heterocycles. The van der Waals surface area contributed by atoms with E-state index in [-0.39, 0.29) is 11.8 Å². The Morgan fingerprint density at radius 2 is 1.62 bits per heavy atom. The molecule has 0 aliphatic carbocycles. The van der Waals surface area contributed by atoms with Gasteiger partial charge in [0.15, 0.2) is 0 Å². The topological polar surface area (TPSA) is 78.5 Å². The lowest BCUT2D eigenvalue weighted by Crippen LogP contribution is -2.37. The molecule has 1 aromatic heterocycles. The second-order valence-electron chi connectivity index (χ2n) is 5.65. The van der Waals surface area contributed by atoms with Gasteiger partial charge in [-0.1, -0.05) is 0 Å². The van der Waals surface area contributed by atoms with Crippen molar-refractivity contribution in [3.05, 3.63) is 47.8 Å². The SMILES string of the molecule is COc1ccc(C(=O)N2CCCN(C(=O)c3cn[nH]c3)CC2)cc1. The number of hydrogen-bond donors (Lipinski definition) is 1. The molecule has 1 saturated heterocycles. The molecule has 3 rings (SSSR count). The van der Waals surface area contributed by atoms with Crippen molar-refractivity contribution in [1.82, 2.24) is 20.0 Å². The summed E-state index contributed by atoms with van der Waals surface area (Å²) in [4.78, 5) is 28.6. The second kappa shape index (κ2) is 7.16. The minimum atomic E-state index is -0.0532. The van der Waals surface area contributed by atoms with Gasteiger partial charge in [0, 0.05) is 37.9 Å². The zero-order chi connectivity index (χ0) is 16.9. The van der Waals surface area contributed by atoms with Crippen LogP contribution in [0.4, 0.5) is 0 Å². The minimum Gasteiger partial charge on any atom is -0.497 e. The summed E-state index contributed by atoms with van der Waals surface area (Å²) in [6.07, 6.45) is 3.87. The highest BCUT2D eigenvalue weighted by Gasteiger charge is 2.23. The number of nitrogens with zero attached hydrogens (tertiary/aromatic N) is 3. The van der Waals surface area contributed by atoms with Crippen molar-refractivity contribution in [2.24, 2.45) is 0 Å². The molecule has 7 heteroatoms. The first-order valence-electron chi connectivity index (χ1n) is 7.90. The molecule has 0 atom stereocenters. The van der Waals surface area contributed by atoms with Gasteiger partial charge in [-0.25, -0.2) is 0 Å². The number of aromatic nitrogens is 2. The molecule has 7 nitrogen and oxygen atoms in total. The lowest BCUT2D eigenvalue weighted by molar-refractivity contribution is 0.0718. The van der Waals surface area contributed by atoms with E-state index in [9.17, 15) is 9.59 Å². The Balaban J connectivity index is 1.64. The molecule has 1 aliphatic rings. The Morgan fingerprint density at radius 3 is 2.17 bits per heavy atom. The summed E-state index contributed by atoms with van der Waals surface area (Å²) >= 11 is 0. The summed E-state index contributed by atoms with van der Waals surface area (Å²) in [7, 11) is 1.59. The first kappa shape index (κ1) is 16.0. The monoisotopic (exact) mass is 328 g/mol. The molecule has 2 amide bonds. The first-order valence-corrected chi connectivity index (χ1v) is 7.90. The van der Waals surface area contributed by atoms with Gasteiger partial charge in [-0.3, -0.25) is 14.7 Å². The summed E-state index contributed by atoms with van der Waals surface area (Å²) in [6.45, 7) is 2.32. The molecule has 126 valence electrons.